The van der Waals surface area contributed by atoms with Crippen LogP contribution in [0.15, 0.2) is 18.2 Å². The molecule has 2 unspecified atom stereocenters. The molecule has 0 aliphatic carbocycles. The molecule has 0 amide bonds. The first-order valence-corrected chi connectivity index (χ1v) is 7.23. The van der Waals surface area contributed by atoms with Gasteiger partial charge in [0.25, 0.3) is 0 Å². The fourth-order valence-electron chi connectivity index (χ4n) is 2.62. The van der Waals surface area contributed by atoms with Crippen LogP contribution in [0.5, 0.6) is 5.75 Å². The Morgan fingerprint density at radius 2 is 2.22 bits per heavy atom. The Kier molecular flexibility index (Phi) is 4.65. The Hall–Kier alpha value is -1.02. The Bertz CT molecular complexity index is 389. The van der Waals surface area contributed by atoms with Crippen LogP contribution in [0.1, 0.15) is 56.7 Å². The molecule has 0 saturated heterocycles. The minimum absolute atomic E-state index is 0.156. The van der Waals surface area contributed by atoms with Crippen LogP contribution in [0.25, 0.3) is 0 Å². The molecule has 0 spiro atoms. The van der Waals surface area contributed by atoms with Gasteiger partial charge in [-0.15, -0.1) is 0 Å². The van der Waals surface area contributed by atoms with Crippen molar-refractivity contribution in [1.29, 1.82) is 0 Å². The minimum atomic E-state index is 0.156. The van der Waals surface area contributed by atoms with Gasteiger partial charge in [-0.2, -0.15) is 0 Å². The van der Waals surface area contributed by atoms with Gasteiger partial charge in [0.05, 0.1) is 6.61 Å². The molecule has 100 valence electrons. The molecule has 0 saturated carbocycles. The first kappa shape index (κ1) is 13.4. The second-order valence-corrected chi connectivity index (χ2v) is 5.46. The van der Waals surface area contributed by atoms with Crippen LogP contribution in [0.3, 0.4) is 0 Å². The lowest BCUT2D eigenvalue weighted by Crippen LogP contribution is -2.20. The highest BCUT2D eigenvalue weighted by atomic mass is 16.5. The summed E-state index contributed by atoms with van der Waals surface area (Å²) in [6, 6.07) is 6.64. The zero-order valence-corrected chi connectivity index (χ0v) is 11.6. The second-order valence-electron chi connectivity index (χ2n) is 5.46. The summed E-state index contributed by atoms with van der Waals surface area (Å²) in [6.07, 6.45) is 5.97. The van der Waals surface area contributed by atoms with Gasteiger partial charge in [-0.25, -0.2) is 0 Å². The molecule has 0 bridgehead atoms. The van der Waals surface area contributed by atoms with E-state index >= 15 is 0 Å². The molecule has 1 aromatic rings. The summed E-state index contributed by atoms with van der Waals surface area (Å²) in [7, 11) is 0. The van der Waals surface area contributed by atoms with Gasteiger partial charge >= 0.3 is 0 Å². The van der Waals surface area contributed by atoms with Crippen LogP contribution in [0.4, 0.5) is 0 Å². The van der Waals surface area contributed by atoms with E-state index in [9.17, 15) is 0 Å². The molecular weight excluding hydrogens is 222 g/mol. The van der Waals surface area contributed by atoms with Crippen molar-refractivity contribution in [2.45, 2.75) is 52.0 Å². The van der Waals surface area contributed by atoms with Crippen molar-refractivity contribution in [3.63, 3.8) is 0 Å². The summed E-state index contributed by atoms with van der Waals surface area (Å²) >= 11 is 0. The molecule has 18 heavy (non-hydrogen) atoms. The highest BCUT2D eigenvalue weighted by molar-refractivity contribution is 5.39. The molecule has 2 nitrogen and oxygen atoms in total. The standard InChI is InChI=1S/C16H25NO/c1-3-4-6-12(2)16(17)14-8-9-15-13(11-14)7-5-10-18-15/h8-9,11-12,16H,3-7,10,17H2,1-2H3. The van der Waals surface area contributed by atoms with Gasteiger partial charge in [0.15, 0.2) is 0 Å². The predicted molar refractivity (Wildman–Crippen MR) is 75.9 cm³/mol. The summed E-state index contributed by atoms with van der Waals surface area (Å²) in [6.45, 7) is 5.34. The molecule has 1 aromatic carbocycles. The summed E-state index contributed by atoms with van der Waals surface area (Å²) < 4.78 is 5.64. The fraction of sp³-hybridized carbons (Fsp3) is 0.625. The zero-order valence-electron chi connectivity index (χ0n) is 11.6. The topological polar surface area (TPSA) is 35.2 Å². The van der Waals surface area contributed by atoms with Crippen molar-refractivity contribution in [2.75, 3.05) is 6.61 Å². The summed E-state index contributed by atoms with van der Waals surface area (Å²) in [5.74, 6) is 1.60. The van der Waals surface area contributed by atoms with E-state index < -0.39 is 0 Å². The molecule has 2 N–H and O–H groups in total. The first-order chi connectivity index (χ1) is 8.72. The second kappa shape index (κ2) is 6.24. The molecule has 2 rings (SSSR count). The molecule has 2 heteroatoms. The molecule has 2 atom stereocenters. The van der Waals surface area contributed by atoms with E-state index in [4.69, 9.17) is 10.5 Å². The highest BCUT2D eigenvalue weighted by Crippen LogP contribution is 2.30. The number of hydrogen-bond acceptors (Lipinski definition) is 2. The van der Waals surface area contributed by atoms with Crippen LogP contribution in [0, 0.1) is 5.92 Å². The van der Waals surface area contributed by atoms with Crippen molar-refractivity contribution >= 4 is 0 Å². The molecule has 0 radical (unpaired) electrons. The van der Waals surface area contributed by atoms with E-state index in [1.54, 1.807) is 0 Å². The number of aryl methyl sites for hydroxylation is 1. The van der Waals surface area contributed by atoms with Crippen molar-refractivity contribution < 1.29 is 4.74 Å². The van der Waals surface area contributed by atoms with E-state index in [1.807, 2.05) is 0 Å². The van der Waals surface area contributed by atoms with Crippen molar-refractivity contribution in [3.8, 4) is 5.75 Å². The number of unbranched alkanes of at least 4 members (excludes halogenated alkanes) is 1. The van der Waals surface area contributed by atoms with Crippen molar-refractivity contribution in [3.05, 3.63) is 29.3 Å². The molecule has 1 heterocycles. The van der Waals surface area contributed by atoms with E-state index in [-0.39, 0.29) is 6.04 Å². The first-order valence-electron chi connectivity index (χ1n) is 7.23. The maximum Gasteiger partial charge on any atom is 0.122 e. The normalized spacial score (nSPS) is 17.7. The van der Waals surface area contributed by atoms with E-state index in [1.165, 1.54) is 30.4 Å². The van der Waals surface area contributed by atoms with Gasteiger partial charge in [-0.3, -0.25) is 0 Å². The number of fused-ring (bicyclic) bond motifs is 1. The maximum absolute atomic E-state index is 6.37. The van der Waals surface area contributed by atoms with E-state index in [0.29, 0.717) is 5.92 Å². The number of benzene rings is 1. The van der Waals surface area contributed by atoms with Gasteiger partial charge < -0.3 is 10.5 Å². The monoisotopic (exact) mass is 247 g/mol. The lowest BCUT2D eigenvalue weighted by atomic mass is 9.89. The average molecular weight is 247 g/mol. The van der Waals surface area contributed by atoms with Crippen molar-refractivity contribution in [2.24, 2.45) is 11.7 Å². The highest BCUT2D eigenvalue weighted by Gasteiger charge is 2.17. The lowest BCUT2D eigenvalue weighted by molar-refractivity contribution is 0.288. The third-order valence-corrected chi connectivity index (χ3v) is 3.94. The van der Waals surface area contributed by atoms with Gasteiger partial charge in [-0.1, -0.05) is 38.8 Å². The average Bonchev–Trinajstić information content (AvgIpc) is 2.43. The minimum Gasteiger partial charge on any atom is -0.493 e. The number of ether oxygens (including phenoxy) is 1. The third kappa shape index (κ3) is 3.05. The summed E-state index contributed by atoms with van der Waals surface area (Å²) in [4.78, 5) is 0. The summed E-state index contributed by atoms with van der Waals surface area (Å²) in [5, 5.41) is 0. The largest absolute Gasteiger partial charge is 0.493 e. The quantitative estimate of drug-likeness (QED) is 0.858. The van der Waals surface area contributed by atoms with Gasteiger partial charge in [0.1, 0.15) is 5.75 Å². The predicted octanol–water partition coefficient (Wildman–Crippen LogP) is 3.84. The van der Waals surface area contributed by atoms with Crippen LogP contribution in [-0.2, 0) is 6.42 Å². The Morgan fingerprint density at radius 1 is 1.39 bits per heavy atom. The SMILES string of the molecule is CCCCC(C)C(N)c1ccc2c(c1)CCCO2. The third-order valence-electron chi connectivity index (χ3n) is 3.94. The molecule has 1 aliphatic heterocycles. The van der Waals surface area contributed by atoms with Crippen LogP contribution < -0.4 is 10.5 Å². The Morgan fingerprint density at radius 3 is 3.00 bits per heavy atom. The van der Waals surface area contributed by atoms with Crippen molar-refractivity contribution in [1.82, 2.24) is 0 Å². The number of nitrogens with two attached hydrogens (primary N) is 1. The molecule has 0 fully saturated rings. The maximum atomic E-state index is 6.37. The summed E-state index contributed by atoms with van der Waals surface area (Å²) in [5.41, 5.74) is 8.97. The van der Waals surface area contributed by atoms with Crippen LogP contribution in [0.2, 0.25) is 0 Å². The zero-order chi connectivity index (χ0) is 13.0. The molecule has 1 aliphatic rings. The molecule has 0 aromatic heterocycles. The lowest BCUT2D eigenvalue weighted by Gasteiger charge is -2.23. The smallest absolute Gasteiger partial charge is 0.122 e. The van der Waals surface area contributed by atoms with Gasteiger partial charge in [0, 0.05) is 6.04 Å². The van der Waals surface area contributed by atoms with E-state index in [0.717, 1.165) is 25.2 Å². The Balaban J connectivity index is 2.08. The van der Waals surface area contributed by atoms with Crippen LogP contribution in [-0.4, -0.2) is 6.61 Å². The molecular formula is C16H25NO. The van der Waals surface area contributed by atoms with Crippen LogP contribution >= 0.6 is 0 Å². The van der Waals surface area contributed by atoms with Gasteiger partial charge in [-0.05, 0) is 42.4 Å². The van der Waals surface area contributed by atoms with Gasteiger partial charge in [0.2, 0.25) is 0 Å². The number of hydrogen-bond donors (Lipinski definition) is 1. The number of rotatable bonds is 5. The fourth-order valence-corrected chi connectivity index (χ4v) is 2.62. The van der Waals surface area contributed by atoms with E-state index in [2.05, 4.69) is 32.0 Å². The Labute approximate surface area is 111 Å².